The number of allylic oxidation sites excluding steroid dienone is 1. The van der Waals surface area contributed by atoms with Crippen LogP contribution in [0, 0.1) is 13.8 Å². The van der Waals surface area contributed by atoms with Crippen LogP contribution in [-0.4, -0.2) is 26.4 Å². The molecule has 0 saturated carbocycles. The zero-order chi connectivity index (χ0) is 21.3. The number of aromatic nitrogens is 3. The maximum absolute atomic E-state index is 12.4. The summed E-state index contributed by atoms with van der Waals surface area (Å²) < 4.78 is 2.03. The number of nitrogens with zero attached hydrogens (tertiary/aromatic N) is 3. The summed E-state index contributed by atoms with van der Waals surface area (Å²) in [6.45, 7) is 8.50. The Morgan fingerprint density at radius 3 is 2.67 bits per heavy atom. The molecule has 0 saturated heterocycles. The van der Waals surface area contributed by atoms with Crippen LogP contribution in [-0.2, 0) is 22.8 Å². The van der Waals surface area contributed by atoms with E-state index in [9.17, 15) is 4.79 Å². The highest BCUT2D eigenvalue weighted by atomic mass is 32.2. The Bertz CT molecular complexity index is 1000. The molecule has 2 aromatic carbocycles. The van der Waals surface area contributed by atoms with Gasteiger partial charge < -0.3 is 9.88 Å². The number of aryl methyl sites for hydroxylation is 2. The SMILES string of the molecule is C=CCn1c(CSCc2ccccc2)nnc1SCC(=O)Nc1ccc(C)cc1C. The molecule has 0 unspecified atom stereocenters. The van der Waals surface area contributed by atoms with E-state index in [2.05, 4.69) is 40.3 Å². The molecule has 0 bridgehead atoms. The number of hydrogen-bond donors (Lipinski definition) is 1. The van der Waals surface area contributed by atoms with Crippen LogP contribution in [0.5, 0.6) is 0 Å². The maximum Gasteiger partial charge on any atom is 0.234 e. The lowest BCUT2D eigenvalue weighted by Crippen LogP contribution is -2.15. The molecule has 3 aromatic rings. The molecule has 0 spiro atoms. The molecular formula is C23H26N4OS2. The second-order valence-corrected chi connectivity index (χ2v) is 8.86. The highest BCUT2D eigenvalue weighted by molar-refractivity contribution is 7.99. The number of rotatable bonds is 10. The quantitative estimate of drug-likeness (QED) is 0.346. The van der Waals surface area contributed by atoms with Gasteiger partial charge in [-0.05, 0) is 31.0 Å². The summed E-state index contributed by atoms with van der Waals surface area (Å²) in [5.74, 6) is 2.79. The molecule has 1 aromatic heterocycles. The van der Waals surface area contributed by atoms with Gasteiger partial charge in [0.2, 0.25) is 5.91 Å². The first kappa shape index (κ1) is 22.2. The van der Waals surface area contributed by atoms with E-state index < -0.39 is 0 Å². The van der Waals surface area contributed by atoms with Crippen molar-refractivity contribution in [3.63, 3.8) is 0 Å². The average Bonchev–Trinajstić information content (AvgIpc) is 3.11. The van der Waals surface area contributed by atoms with Crippen LogP contribution in [0.15, 0.2) is 66.3 Å². The molecule has 5 nitrogen and oxygen atoms in total. The van der Waals surface area contributed by atoms with Gasteiger partial charge in [0.05, 0.1) is 11.5 Å². The van der Waals surface area contributed by atoms with Gasteiger partial charge in [0.15, 0.2) is 5.16 Å². The maximum atomic E-state index is 12.4. The molecule has 0 aliphatic carbocycles. The molecule has 0 aliphatic heterocycles. The predicted molar refractivity (Wildman–Crippen MR) is 127 cm³/mol. The lowest BCUT2D eigenvalue weighted by Gasteiger charge is -2.10. The number of carbonyl (C=O) groups is 1. The van der Waals surface area contributed by atoms with E-state index in [1.54, 1.807) is 11.8 Å². The number of hydrogen-bond acceptors (Lipinski definition) is 5. The smallest absolute Gasteiger partial charge is 0.234 e. The molecule has 0 radical (unpaired) electrons. The molecular weight excluding hydrogens is 412 g/mol. The minimum atomic E-state index is -0.0555. The van der Waals surface area contributed by atoms with Crippen molar-refractivity contribution in [2.75, 3.05) is 11.1 Å². The second kappa shape index (κ2) is 11.0. The van der Waals surface area contributed by atoms with Gasteiger partial charge in [0, 0.05) is 18.0 Å². The average molecular weight is 439 g/mol. The van der Waals surface area contributed by atoms with Gasteiger partial charge in [-0.1, -0.05) is 65.9 Å². The van der Waals surface area contributed by atoms with E-state index in [0.29, 0.717) is 6.54 Å². The number of nitrogens with one attached hydrogen (secondary N) is 1. The van der Waals surface area contributed by atoms with Crippen molar-refractivity contribution in [3.8, 4) is 0 Å². The Hall–Kier alpha value is -2.51. The predicted octanol–water partition coefficient (Wildman–Crippen LogP) is 5.25. The molecule has 0 fully saturated rings. The minimum absolute atomic E-state index is 0.0555. The van der Waals surface area contributed by atoms with Crippen LogP contribution in [0.2, 0.25) is 0 Å². The summed E-state index contributed by atoms with van der Waals surface area (Å²) in [7, 11) is 0. The Morgan fingerprint density at radius 2 is 1.93 bits per heavy atom. The largest absolute Gasteiger partial charge is 0.325 e. The summed E-state index contributed by atoms with van der Waals surface area (Å²) in [6.07, 6.45) is 1.83. The molecule has 156 valence electrons. The van der Waals surface area contributed by atoms with Gasteiger partial charge in [-0.15, -0.1) is 28.5 Å². The monoisotopic (exact) mass is 438 g/mol. The van der Waals surface area contributed by atoms with Crippen LogP contribution in [0.3, 0.4) is 0 Å². The number of amides is 1. The second-order valence-electron chi connectivity index (χ2n) is 6.93. The fraction of sp³-hybridized carbons (Fsp3) is 0.261. The fourth-order valence-electron chi connectivity index (χ4n) is 2.95. The summed E-state index contributed by atoms with van der Waals surface area (Å²) in [6, 6.07) is 16.4. The van der Waals surface area contributed by atoms with Crippen LogP contribution in [0.25, 0.3) is 0 Å². The summed E-state index contributed by atoms with van der Waals surface area (Å²) in [5.41, 5.74) is 4.36. The summed E-state index contributed by atoms with van der Waals surface area (Å²) in [5, 5.41) is 12.4. The molecule has 0 aliphatic rings. The molecule has 1 N–H and O–H groups in total. The van der Waals surface area contributed by atoms with Crippen molar-refractivity contribution in [1.29, 1.82) is 0 Å². The van der Waals surface area contributed by atoms with Crippen LogP contribution in [0.4, 0.5) is 5.69 Å². The molecule has 1 amide bonds. The van der Waals surface area contributed by atoms with Crippen molar-refractivity contribution in [2.45, 2.75) is 37.1 Å². The fourth-order valence-corrected chi connectivity index (χ4v) is 4.64. The van der Waals surface area contributed by atoms with Crippen molar-refractivity contribution in [3.05, 3.63) is 83.7 Å². The van der Waals surface area contributed by atoms with Gasteiger partial charge in [0.25, 0.3) is 0 Å². The minimum Gasteiger partial charge on any atom is -0.325 e. The third-order valence-electron chi connectivity index (χ3n) is 4.44. The van der Waals surface area contributed by atoms with Crippen molar-refractivity contribution in [2.24, 2.45) is 0 Å². The lowest BCUT2D eigenvalue weighted by molar-refractivity contribution is -0.113. The van der Waals surface area contributed by atoms with E-state index in [1.165, 1.54) is 22.9 Å². The van der Waals surface area contributed by atoms with Crippen molar-refractivity contribution < 1.29 is 4.79 Å². The summed E-state index contributed by atoms with van der Waals surface area (Å²) >= 11 is 3.19. The molecule has 0 atom stereocenters. The van der Waals surface area contributed by atoms with Crippen molar-refractivity contribution >= 4 is 35.1 Å². The first-order valence-corrected chi connectivity index (χ1v) is 11.9. The number of anilines is 1. The topological polar surface area (TPSA) is 59.8 Å². The Kier molecular flexibility index (Phi) is 8.16. The zero-order valence-electron chi connectivity index (χ0n) is 17.3. The number of carbonyl (C=O) groups excluding carboxylic acids is 1. The Balaban J connectivity index is 1.57. The zero-order valence-corrected chi connectivity index (χ0v) is 18.9. The molecule has 30 heavy (non-hydrogen) atoms. The third-order valence-corrected chi connectivity index (χ3v) is 6.40. The van der Waals surface area contributed by atoms with Gasteiger partial charge >= 0.3 is 0 Å². The molecule has 3 rings (SSSR count). The standard InChI is InChI=1S/C23H26N4OS2/c1-4-12-27-21(15-29-14-19-8-6-5-7-9-19)25-26-23(27)30-16-22(28)24-20-11-10-17(2)13-18(20)3/h4-11,13H,1,12,14-16H2,2-3H3,(H,24,28). The first-order valence-electron chi connectivity index (χ1n) is 9.71. The highest BCUT2D eigenvalue weighted by Crippen LogP contribution is 2.23. The normalized spacial score (nSPS) is 10.7. The molecule has 1 heterocycles. The lowest BCUT2D eigenvalue weighted by atomic mass is 10.1. The highest BCUT2D eigenvalue weighted by Gasteiger charge is 2.14. The Morgan fingerprint density at radius 1 is 1.13 bits per heavy atom. The van der Waals surface area contributed by atoms with E-state index >= 15 is 0 Å². The van der Waals surface area contributed by atoms with Gasteiger partial charge in [-0.2, -0.15) is 0 Å². The van der Waals surface area contributed by atoms with E-state index in [4.69, 9.17) is 0 Å². The third kappa shape index (κ3) is 6.24. The van der Waals surface area contributed by atoms with E-state index in [0.717, 1.165) is 33.7 Å². The van der Waals surface area contributed by atoms with Crippen LogP contribution in [0.1, 0.15) is 22.5 Å². The van der Waals surface area contributed by atoms with Crippen LogP contribution >= 0.6 is 23.5 Å². The van der Waals surface area contributed by atoms with Crippen LogP contribution < -0.4 is 5.32 Å². The number of thioether (sulfide) groups is 2. The molecule has 7 heteroatoms. The van der Waals surface area contributed by atoms with E-state index in [-0.39, 0.29) is 11.7 Å². The van der Waals surface area contributed by atoms with E-state index in [1.807, 2.05) is 54.8 Å². The summed E-state index contributed by atoms with van der Waals surface area (Å²) in [4.78, 5) is 12.4. The van der Waals surface area contributed by atoms with Gasteiger partial charge in [-0.3, -0.25) is 4.79 Å². The van der Waals surface area contributed by atoms with Crippen molar-refractivity contribution in [1.82, 2.24) is 14.8 Å². The van der Waals surface area contributed by atoms with Gasteiger partial charge in [0.1, 0.15) is 5.82 Å². The first-order chi connectivity index (χ1) is 14.6. The number of benzene rings is 2. The Labute approximate surface area is 186 Å². The van der Waals surface area contributed by atoms with Gasteiger partial charge in [-0.25, -0.2) is 0 Å².